The minimum absolute atomic E-state index is 0.560. The molecule has 0 aromatic carbocycles. The number of hydrogen-bond acceptors (Lipinski definition) is 3. The normalized spacial score (nSPS) is 11.4. The summed E-state index contributed by atoms with van der Waals surface area (Å²) < 4.78 is 7.12. The van der Waals surface area contributed by atoms with Gasteiger partial charge in [-0.3, -0.25) is 4.68 Å². The number of nitrogens with zero attached hydrogens (tertiary/aromatic N) is 2. The summed E-state index contributed by atoms with van der Waals surface area (Å²) in [6.45, 7) is 7.25. The zero-order chi connectivity index (χ0) is 13.9. The van der Waals surface area contributed by atoms with Crippen LogP contribution in [0.15, 0.2) is 12.3 Å². The third kappa shape index (κ3) is 6.21. The number of unbranched alkanes of at least 4 members (excludes halogenated alkanes) is 1. The molecular weight excluding hydrogens is 238 g/mol. The van der Waals surface area contributed by atoms with Crippen molar-refractivity contribution in [2.75, 3.05) is 26.8 Å². The minimum atomic E-state index is 0.560. The lowest BCUT2D eigenvalue weighted by Gasteiger charge is -2.12. The average Bonchev–Trinajstić information content (AvgIpc) is 2.88. The van der Waals surface area contributed by atoms with Gasteiger partial charge in [-0.25, -0.2) is 0 Å². The number of aryl methyl sites for hydroxylation is 1. The molecule has 0 aliphatic carbocycles. The predicted molar refractivity (Wildman–Crippen MR) is 79.5 cm³/mol. The molecule has 0 aliphatic heterocycles. The van der Waals surface area contributed by atoms with E-state index < -0.39 is 0 Å². The fourth-order valence-corrected chi connectivity index (χ4v) is 2.23. The topological polar surface area (TPSA) is 39.1 Å². The van der Waals surface area contributed by atoms with Gasteiger partial charge in [-0.15, -0.1) is 0 Å². The van der Waals surface area contributed by atoms with Crippen LogP contribution in [0.1, 0.15) is 51.3 Å². The van der Waals surface area contributed by atoms with E-state index in [0.717, 1.165) is 39.0 Å². The number of hydrogen-bond donors (Lipinski definition) is 1. The highest BCUT2D eigenvalue weighted by Gasteiger charge is 2.07. The summed E-state index contributed by atoms with van der Waals surface area (Å²) >= 11 is 0. The zero-order valence-electron chi connectivity index (χ0n) is 12.7. The van der Waals surface area contributed by atoms with Crippen molar-refractivity contribution in [1.29, 1.82) is 0 Å². The van der Waals surface area contributed by atoms with Crippen LogP contribution in [-0.2, 0) is 11.2 Å². The Morgan fingerprint density at radius 3 is 2.74 bits per heavy atom. The summed E-state index contributed by atoms with van der Waals surface area (Å²) in [5, 5.41) is 8.04. The maximum atomic E-state index is 4.99. The first-order valence-corrected chi connectivity index (χ1v) is 7.55. The van der Waals surface area contributed by atoms with Gasteiger partial charge in [-0.1, -0.05) is 13.8 Å². The SMILES string of the molecule is CCC(CC)n1ccc(CCCCNCCOC)n1. The van der Waals surface area contributed by atoms with Crippen molar-refractivity contribution in [1.82, 2.24) is 15.1 Å². The molecule has 1 aromatic rings. The third-order valence-corrected chi connectivity index (χ3v) is 3.50. The van der Waals surface area contributed by atoms with Crippen molar-refractivity contribution in [3.63, 3.8) is 0 Å². The van der Waals surface area contributed by atoms with Gasteiger partial charge in [0.1, 0.15) is 0 Å². The summed E-state index contributed by atoms with van der Waals surface area (Å²) in [5.41, 5.74) is 1.23. The molecule has 0 amide bonds. The van der Waals surface area contributed by atoms with Gasteiger partial charge in [0.15, 0.2) is 0 Å². The Morgan fingerprint density at radius 1 is 1.26 bits per heavy atom. The molecule has 0 bridgehead atoms. The number of aromatic nitrogens is 2. The molecular formula is C15H29N3O. The first-order chi connectivity index (χ1) is 9.31. The van der Waals surface area contributed by atoms with Gasteiger partial charge in [0, 0.05) is 19.9 Å². The molecule has 0 saturated heterocycles. The van der Waals surface area contributed by atoms with Crippen molar-refractivity contribution in [2.24, 2.45) is 0 Å². The Kier molecular flexibility index (Phi) is 8.50. The van der Waals surface area contributed by atoms with E-state index in [4.69, 9.17) is 4.74 Å². The van der Waals surface area contributed by atoms with Crippen molar-refractivity contribution >= 4 is 0 Å². The van der Waals surface area contributed by atoms with E-state index >= 15 is 0 Å². The van der Waals surface area contributed by atoms with Gasteiger partial charge in [-0.05, 0) is 44.7 Å². The molecule has 4 nitrogen and oxygen atoms in total. The Labute approximate surface area is 117 Å². The molecule has 19 heavy (non-hydrogen) atoms. The van der Waals surface area contributed by atoms with Crippen molar-refractivity contribution in [3.05, 3.63) is 18.0 Å². The monoisotopic (exact) mass is 267 g/mol. The van der Waals surface area contributed by atoms with Crippen LogP contribution >= 0.6 is 0 Å². The van der Waals surface area contributed by atoms with Crippen LogP contribution in [0, 0.1) is 0 Å². The quantitative estimate of drug-likeness (QED) is 0.627. The zero-order valence-corrected chi connectivity index (χ0v) is 12.7. The molecule has 0 fully saturated rings. The number of methoxy groups -OCH3 is 1. The number of nitrogens with one attached hydrogen (secondary N) is 1. The second kappa shape index (κ2) is 9.98. The fourth-order valence-electron chi connectivity index (χ4n) is 2.23. The van der Waals surface area contributed by atoms with E-state index in [9.17, 15) is 0 Å². The molecule has 4 heteroatoms. The van der Waals surface area contributed by atoms with Gasteiger partial charge in [0.2, 0.25) is 0 Å². The molecule has 1 heterocycles. The Morgan fingerprint density at radius 2 is 2.05 bits per heavy atom. The molecule has 0 unspecified atom stereocenters. The van der Waals surface area contributed by atoms with Gasteiger partial charge in [-0.2, -0.15) is 5.10 Å². The summed E-state index contributed by atoms with van der Waals surface area (Å²) in [5.74, 6) is 0. The Bertz CT molecular complexity index is 321. The van der Waals surface area contributed by atoms with Crippen LogP contribution in [0.3, 0.4) is 0 Å². The lowest BCUT2D eigenvalue weighted by molar-refractivity contribution is 0.199. The standard InChI is InChI=1S/C15H29N3O/c1-4-15(5-2)18-12-9-14(17-18)8-6-7-10-16-11-13-19-3/h9,12,15-16H,4-8,10-11,13H2,1-3H3. The smallest absolute Gasteiger partial charge is 0.0624 e. The van der Waals surface area contributed by atoms with Gasteiger partial charge < -0.3 is 10.1 Å². The third-order valence-electron chi connectivity index (χ3n) is 3.50. The summed E-state index contributed by atoms with van der Waals surface area (Å²) in [7, 11) is 1.73. The van der Waals surface area contributed by atoms with E-state index in [-0.39, 0.29) is 0 Å². The van der Waals surface area contributed by atoms with Gasteiger partial charge in [0.25, 0.3) is 0 Å². The highest BCUT2D eigenvalue weighted by Crippen LogP contribution is 2.15. The molecule has 1 aromatic heterocycles. The summed E-state index contributed by atoms with van der Waals surface area (Å²) in [4.78, 5) is 0. The van der Waals surface area contributed by atoms with Crippen LogP contribution in [0.2, 0.25) is 0 Å². The number of ether oxygens (including phenoxy) is 1. The van der Waals surface area contributed by atoms with Crippen LogP contribution in [-0.4, -0.2) is 36.6 Å². The highest BCUT2D eigenvalue weighted by molar-refractivity contribution is 4.99. The van der Waals surface area contributed by atoms with E-state index in [2.05, 4.69) is 41.2 Å². The number of rotatable bonds is 11. The Balaban J connectivity index is 2.16. The maximum Gasteiger partial charge on any atom is 0.0624 e. The molecule has 0 radical (unpaired) electrons. The fraction of sp³-hybridized carbons (Fsp3) is 0.800. The second-order valence-corrected chi connectivity index (χ2v) is 4.96. The largest absolute Gasteiger partial charge is 0.383 e. The van der Waals surface area contributed by atoms with Gasteiger partial charge >= 0.3 is 0 Å². The molecule has 0 aliphatic rings. The van der Waals surface area contributed by atoms with E-state index in [1.54, 1.807) is 7.11 Å². The molecule has 0 saturated carbocycles. The van der Waals surface area contributed by atoms with E-state index in [1.807, 2.05) is 0 Å². The first-order valence-electron chi connectivity index (χ1n) is 7.55. The van der Waals surface area contributed by atoms with Crippen LogP contribution < -0.4 is 5.32 Å². The van der Waals surface area contributed by atoms with Crippen LogP contribution in [0.5, 0.6) is 0 Å². The van der Waals surface area contributed by atoms with Gasteiger partial charge in [0.05, 0.1) is 18.3 Å². The lowest BCUT2D eigenvalue weighted by atomic mass is 10.2. The highest BCUT2D eigenvalue weighted by atomic mass is 16.5. The van der Waals surface area contributed by atoms with Crippen LogP contribution in [0.4, 0.5) is 0 Å². The molecule has 110 valence electrons. The van der Waals surface area contributed by atoms with Crippen molar-refractivity contribution in [2.45, 2.75) is 52.0 Å². The Hall–Kier alpha value is -0.870. The lowest BCUT2D eigenvalue weighted by Crippen LogP contribution is -2.20. The maximum absolute atomic E-state index is 4.99. The molecule has 1 N–H and O–H groups in total. The average molecular weight is 267 g/mol. The summed E-state index contributed by atoms with van der Waals surface area (Å²) in [6, 6.07) is 2.72. The van der Waals surface area contributed by atoms with E-state index in [0.29, 0.717) is 6.04 Å². The van der Waals surface area contributed by atoms with Crippen LogP contribution in [0.25, 0.3) is 0 Å². The van der Waals surface area contributed by atoms with E-state index in [1.165, 1.54) is 18.5 Å². The molecule has 1 rings (SSSR count). The van der Waals surface area contributed by atoms with Crippen molar-refractivity contribution < 1.29 is 4.74 Å². The minimum Gasteiger partial charge on any atom is -0.383 e. The molecule has 0 spiro atoms. The predicted octanol–water partition coefficient (Wildman–Crippen LogP) is 2.80. The molecule has 0 atom stereocenters. The summed E-state index contributed by atoms with van der Waals surface area (Å²) in [6.07, 6.45) is 7.91. The second-order valence-electron chi connectivity index (χ2n) is 4.96. The first kappa shape index (κ1) is 16.2. The van der Waals surface area contributed by atoms with Crippen molar-refractivity contribution in [3.8, 4) is 0 Å².